The van der Waals surface area contributed by atoms with E-state index in [1.165, 1.54) is 12.8 Å². The molecule has 0 aromatic heterocycles. The molecule has 1 rings (SSSR count). The van der Waals surface area contributed by atoms with E-state index < -0.39 is 0 Å². The fraction of sp³-hybridized carbons (Fsp3) is 0.562. The van der Waals surface area contributed by atoms with Crippen molar-refractivity contribution in [2.75, 3.05) is 18.6 Å². The molecule has 4 heteroatoms. The Kier molecular flexibility index (Phi) is 6.36. The number of nitrogens with zero attached hydrogens (tertiary/aromatic N) is 1. The minimum atomic E-state index is 0.101. The van der Waals surface area contributed by atoms with E-state index in [1.54, 1.807) is 7.11 Å². The molecule has 0 spiro atoms. The first-order valence-corrected chi connectivity index (χ1v) is 7.30. The Bertz CT molecular complexity index is 443. The maximum absolute atomic E-state index is 7.76. The second-order valence-corrected chi connectivity index (χ2v) is 5.29. The van der Waals surface area contributed by atoms with Crippen molar-refractivity contribution in [2.24, 2.45) is 5.73 Å². The molecule has 20 heavy (non-hydrogen) atoms. The molecular formula is C16H27N3O. The summed E-state index contributed by atoms with van der Waals surface area (Å²) < 4.78 is 5.31. The van der Waals surface area contributed by atoms with Gasteiger partial charge in [0.15, 0.2) is 0 Å². The molecular weight excluding hydrogens is 250 g/mol. The highest BCUT2D eigenvalue weighted by atomic mass is 16.5. The van der Waals surface area contributed by atoms with Gasteiger partial charge in [0.2, 0.25) is 0 Å². The molecule has 112 valence electrons. The number of anilines is 1. The van der Waals surface area contributed by atoms with Crippen LogP contribution >= 0.6 is 0 Å². The summed E-state index contributed by atoms with van der Waals surface area (Å²) in [4.78, 5) is 2.30. The van der Waals surface area contributed by atoms with Crippen LogP contribution in [0.5, 0.6) is 5.75 Å². The SMILES string of the molecule is CCCCCN(c1cc(OC)ccc1C(=N)N)C(C)C. The summed E-state index contributed by atoms with van der Waals surface area (Å²) in [5, 5.41) is 7.76. The number of hydrogen-bond donors (Lipinski definition) is 2. The molecule has 0 atom stereocenters. The number of nitrogens with one attached hydrogen (secondary N) is 1. The van der Waals surface area contributed by atoms with Crippen LogP contribution in [0.4, 0.5) is 5.69 Å². The molecule has 3 N–H and O–H groups in total. The summed E-state index contributed by atoms with van der Waals surface area (Å²) in [6.07, 6.45) is 3.55. The molecule has 0 heterocycles. The van der Waals surface area contributed by atoms with Crippen molar-refractivity contribution in [3.63, 3.8) is 0 Å². The van der Waals surface area contributed by atoms with Crippen molar-refractivity contribution in [1.29, 1.82) is 5.41 Å². The summed E-state index contributed by atoms with van der Waals surface area (Å²) in [7, 11) is 1.66. The van der Waals surface area contributed by atoms with Crippen LogP contribution < -0.4 is 15.4 Å². The van der Waals surface area contributed by atoms with Gasteiger partial charge in [-0.3, -0.25) is 5.41 Å². The minimum absolute atomic E-state index is 0.101. The van der Waals surface area contributed by atoms with Crippen LogP contribution in [0.25, 0.3) is 0 Å². The summed E-state index contributed by atoms with van der Waals surface area (Å²) >= 11 is 0. The second kappa shape index (κ2) is 7.78. The largest absolute Gasteiger partial charge is 0.497 e. The molecule has 0 amide bonds. The Morgan fingerprint density at radius 3 is 2.55 bits per heavy atom. The Balaban J connectivity index is 3.11. The highest BCUT2D eigenvalue weighted by Gasteiger charge is 2.16. The average molecular weight is 277 g/mol. The smallest absolute Gasteiger partial charge is 0.124 e. The molecule has 0 aliphatic heterocycles. The number of hydrogen-bond acceptors (Lipinski definition) is 3. The second-order valence-electron chi connectivity index (χ2n) is 5.29. The first-order chi connectivity index (χ1) is 9.51. The molecule has 0 saturated carbocycles. The van der Waals surface area contributed by atoms with Crippen LogP contribution in [-0.4, -0.2) is 25.5 Å². The molecule has 1 aromatic carbocycles. The van der Waals surface area contributed by atoms with Crippen LogP contribution in [0.15, 0.2) is 18.2 Å². The van der Waals surface area contributed by atoms with E-state index in [1.807, 2.05) is 18.2 Å². The van der Waals surface area contributed by atoms with Gasteiger partial charge in [0, 0.05) is 24.2 Å². The highest BCUT2D eigenvalue weighted by Crippen LogP contribution is 2.28. The zero-order chi connectivity index (χ0) is 15.1. The fourth-order valence-corrected chi connectivity index (χ4v) is 2.29. The third-order valence-electron chi connectivity index (χ3n) is 3.43. The van der Waals surface area contributed by atoms with Gasteiger partial charge in [-0.1, -0.05) is 19.8 Å². The van der Waals surface area contributed by atoms with Crippen LogP contribution in [0.2, 0.25) is 0 Å². The quantitative estimate of drug-likeness (QED) is 0.435. The summed E-state index contributed by atoms with van der Waals surface area (Å²) in [6, 6.07) is 6.05. The molecule has 0 bridgehead atoms. The Hall–Kier alpha value is -1.71. The van der Waals surface area contributed by atoms with Crippen LogP contribution in [-0.2, 0) is 0 Å². The lowest BCUT2D eigenvalue weighted by molar-refractivity contribution is 0.414. The molecule has 0 aliphatic carbocycles. The van der Waals surface area contributed by atoms with Crippen molar-refractivity contribution in [3.8, 4) is 5.75 Å². The lowest BCUT2D eigenvalue weighted by Crippen LogP contribution is -2.33. The van der Waals surface area contributed by atoms with Crippen molar-refractivity contribution in [3.05, 3.63) is 23.8 Å². The number of nitrogen functional groups attached to an aromatic ring is 1. The summed E-state index contributed by atoms with van der Waals surface area (Å²) in [6.45, 7) is 7.50. The maximum atomic E-state index is 7.76. The first kappa shape index (κ1) is 16.3. The number of rotatable bonds is 8. The number of nitrogens with two attached hydrogens (primary N) is 1. The number of unbranched alkanes of at least 4 members (excludes halogenated alkanes) is 2. The maximum Gasteiger partial charge on any atom is 0.124 e. The van der Waals surface area contributed by atoms with Crippen LogP contribution in [0.3, 0.4) is 0 Å². The number of amidine groups is 1. The van der Waals surface area contributed by atoms with Gasteiger partial charge in [-0.2, -0.15) is 0 Å². The molecule has 0 radical (unpaired) electrons. The van der Waals surface area contributed by atoms with Crippen molar-refractivity contribution in [1.82, 2.24) is 0 Å². The summed E-state index contributed by atoms with van der Waals surface area (Å²) in [5.74, 6) is 0.898. The van der Waals surface area contributed by atoms with E-state index >= 15 is 0 Å². The van der Waals surface area contributed by atoms with E-state index in [0.29, 0.717) is 6.04 Å². The molecule has 0 aliphatic rings. The normalized spacial score (nSPS) is 10.7. The lowest BCUT2D eigenvalue weighted by Gasteiger charge is -2.31. The van der Waals surface area contributed by atoms with E-state index in [4.69, 9.17) is 15.9 Å². The van der Waals surface area contributed by atoms with Gasteiger partial charge < -0.3 is 15.4 Å². The Morgan fingerprint density at radius 1 is 1.35 bits per heavy atom. The zero-order valence-corrected chi connectivity index (χ0v) is 13.1. The van der Waals surface area contributed by atoms with E-state index in [9.17, 15) is 0 Å². The third kappa shape index (κ3) is 4.15. The number of methoxy groups -OCH3 is 1. The van der Waals surface area contributed by atoms with Gasteiger partial charge in [-0.25, -0.2) is 0 Å². The Labute approximate surface area is 122 Å². The van der Waals surface area contributed by atoms with Crippen LogP contribution in [0, 0.1) is 5.41 Å². The zero-order valence-electron chi connectivity index (χ0n) is 13.1. The van der Waals surface area contributed by atoms with E-state index in [-0.39, 0.29) is 5.84 Å². The van der Waals surface area contributed by atoms with Crippen molar-refractivity contribution in [2.45, 2.75) is 46.1 Å². The van der Waals surface area contributed by atoms with Crippen molar-refractivity contribution < 1.29 is 4.74 Å². The number of ether oxygens (including phenoxy) is 1. The van der Waals surface area contributed by atoms with Gasteiger partial charge in [0.25, 0.3) is 0 Å². The molecule has 0 fully saturated rings. The third-order valence-corrected chi connectivity index (χ3v) is 3.43. The van der Waals surface area contributed by atoms with Gasteiger partial charge in [-0.05, 0) is 32.4 Å². The minimum Gasteiger partial charge on any atom is -0.497 e. The fourth-order valence-electron chi connectivity index (χ4n) is 2.29. The van der Waals surface area contributed by atoms with Gasteiger partial charge in [0.1, 0.15) is 11.6 Å². The van der Waals surface area contributed by atoms with E-state index in [0.717, 1.165) is 30.0 Å². The van der Waals surface area contributed by atoms with E-state index in [2.05, 4.69) is 25.7 Å². The predicted molar refractivity (Wildman–Crippen MR) is 86.0 cm³/mol. The predicted octanol–water partition coefficient (Wildman–Crippen LogP) is 3.38. The highest BCUT2D eigenvalue weighted by molar-refractivity contribution is 6.00. The van der Waals surface area contributed by atoms with Gasteiger partial charge in [-0.15, -0.1) is 0 Å². The van der Waals surface area contributed by atoms with Crippen molar-refractivity contribution >= 4 is 11.5 Å². The number of benzene rings is 1. The standard InChI is InChI=1S/C16H27N3O/c1-5-6-7-10-19(12(2)3)15-11-13(20-4)8-9-14(15)16(17)18/h8-9,11-12H,5-7,10H2,1-4H3,(H3,17,18). The monoisotopic (exact) mass is 277 g/mol. The first-order valence-electron chi connectivity index (χ1n) is 7.30. The molecule has 1 aromatic rings. The Morgan fingerprint density at radius 2 is 2.05 bits per heavy atom. The molecule has 0 saturated heterocycles. The average Bonchev–Trinajstić information content (AvgIpc) is 2.42. The molecule has 0 unspecified atom stereocenters. The topological polar surface area (TPSA) is 62.3 Å². The molecule has 4 nitrogen and oxygen atoms in total. The van der Waals surface area contributed by atoms with Gasteiger partial charge in [0.05, 0.1) is 12.8 Å². The summed E-state index contributed by atoms with van der Waals surface area (Å²) in [5.41, 5.74) is 7.48. The van der Waals surface area contributed by atoms with Gasteiger partial charge >= 0.3 is 0 Å². The lowest BCUT2D eigenvalue weighted by atomic mass is 10.1. The van der Waals surface area contributed by atoms with Crippen LogP contribution in [0.1, 0.15) is 45.6 Å².